The summed E-state index contributed by atoms with van der Waals surface area (Å²) < 4.78 is 0. The Balaban J connectivity index is 2.18. The first-order valence-corrected chi connectivity index (χ1v) is 5.67. The molecule has 1 aliphatic rings. The number of nitrogens with one attached hydrogen (secondary N) is 1. The monoisotopic (exact) mass is 184 g/mol. The Hall–Kier alpha value is -0.0800. The number of hydrogen-bond donors (Lipinski definition) is 2. The average molecular weight is 184 g/mol. The van der Waals surface area contributed by atoms with Crippen LogP contribution < -0.4 is 11.1 Å². The lowest BCUT2D eigenvalue weighted by Gasteiger charge is -2.17. The van der Waals surface area contributed by atoms with Crippen molar-refractivity contribution in [3.05, 3.63) is 0 Å². The molecule has 0 aromatic heterocycles. The second kappa shape index (κ2) is 5.61. The minimum atomic E-state index is 0.292. The summed E-state index contributed by atoms with van der Waals surface area (Å²) in [6, 6.07) is 1.02. The number of nitrogens with two attached hydrogens (primary N) is 1. The van der Waals surface area contributed by atoms with E-state index >= 15 is 0 Å². The summed E-state index contributed by atoms with van der Waals surface area (Å²) in [5, 5.41) is 3.56. The Morgan fingerprint density at radius 1 is 1.31 bits per heavy atom. The summed E-state index contributed by atoms with van der Waals surface area (Å²) in [4.78, 5) is 0. The van der Waals surface area contributed by atoms with Crippen LogP contribution in [-0.4, -0.2) is 18.6 Å². The molecule has 3 atom stereocenters. The van der Waals surface area contributed by atoms with Gasteiger partial charge in [-0.1, -0.05) is 19.8 Å². The molecule has 0 spiro atoms. The van der Waals surface area contributed by atoms with E-state index < -0.39 is 0 Å². The van der Waals surface area contributed by atoms with Gasteiger partial charge in [0.05, 0.1) is 0 Å². The topological polar surface area (TPSA) is 38.0 Å². The van der Waals surface area contributed by atoms with Gasteiger partial charge >= 0.3 is 0 Å². The van der Waals surface area contributed by atoms with E-state index in [0.29, 0.717) is 6.04 Å². The highest BCUT2D eigenvalue weighted by molar-refractivity contribution is 4.74. The molecule has 0 saturated heterocycles. The molecule has 0 amide bonds. The summed E-state index contributed by atoms with van der Waals surface area (Å²) in [7, 11) is 0. The zero-order valence-corrected chi connectivity index (χ0v) is 9.05. The third kappa shape index (κ3) is 4.63. The summed E-state index contributed by atoms with van der Waals surface area (Å²) >= 11 is 0. The smallest absolute Gasteiger partial charge is 0.0136 e. The highest BCUT2D eigenvalue weighted by atomic mass is 14.9. The molecule has 0 aromatic carbocycles. The van der Waals surface area contributed by atoms with Crippen LogP contribution in [0.4, 0.5) is 0 Å². The fourth-order valence-electron chi connectivity index (χ4n) is 2.04. The molecule has 1 fully saturated rings. The predicted octanol–water partition coefficient (Wildman–Crippen LogP) is 1.89. The van der Waals surface area contributed by atoms with Crippen LogP contribution >= 0.6 is 0 Å². The summed E-state index contributed by atoms with van der Waals surface area (Å²) in [5.74, 6) is 0.932. The molecule has 3 N–H and O–H groups in total. The number of rotatable bonds is 3. The van der Waals surface area contributed by atoms with Crippen LogP contribution in [0.2, 0.25) is 0 Å². The van der Waals surface area contributed by atoms with Crippen LogP contribution in [0.5, 0.6) is 0 Å². The fraction of sp³-hybridized carbons (Fsp3) is 1.00. The van der Waals surface area contributed by atoms with Gasteiger partial charge in [-0.25, -0.2) is 0 Å². The van der Waals surface area contributed by atoms with Crippen LogP contribution in [0.3, 0.4) is 0 Å². The zero-order chi connectivity index (χ0) is 9.68. The molecular weight excluding hydrogens is 160 g/mol. The third-order valence-corrected chi connectivity index (χ3v) is 2.99. The molecule has 78 valence electrons. The number of hydrogen-bond acceptors (Lipinski definition) is 2. The van der Waals surface area contributed by atoms with Crippen LogP contribution in [0.15, 0.2) is 0 Å². The van der Waals surface area contributed by atoms with Crippen molar-refractivity contribution in [2.45, 2.75) is 58.0 Å². The normalized spacial score (nSPS) is 32.5. The maximum absolute atomic E-state index is 5.71. The van der Waals surface area contributed by atoms with E-state index in [2.05, 4.69) is 19.2 Å². The lowest BCUT2D eigenvalue weighted by molar-refractivity contribution is 0.436. The molecule has 0 aromatic rings. The van der Waals surface area contributed by atoms with Gasteiger partial charge in [-0.05, 0) is 32.1 Å². The van der Waals surface area contributed by atoms with E-state index in [1.54, 1.807) is 0 Å². The first-order valence-electron chi connectivity index (χ1n) is 5.67. The minimum absolute atomic E-state index is 0.292. The van der Waals surface area contributed by atoms with Crippen molar-refractivity contribution in [2.75, 3.05) is 6.54 Å². The SMILES string of the molecule is CC1CCCC(NC[C@H](C)N)CC1. The Morgan fingerprint density at radius 3 is 2.77 bits per heavy atom. The molecule has 0 bridgehead atoms. The maximum Gasteiger partial charge on any atom is 0.0136 e. The molecule has 0 radical (unpaired) electrons. The van der Waals surface area contributed by atoms with Gasteiger partial charge in [0.2, 0.25) is 0 Å². The lowest BCUT2D eigenvalue weighted by atomic mass is 10.0. The van der Waals surface area contributed by atoms with Crippen molar-refractivity contribution in [3.63, 3.8) is 0 Å². The highest BCUT2D eigenvalue weighted by Gasteiger charge is 2.15. The van der Waals surface area contributed by atoms with E-state index in [9.17, 15) is 0 Å². The van der Waals surface area contributed by atoms with E-state index in [4.69, 9.17) is 5.73 Å². The van der Waals surface area contributed by atoms with E-state index in [-0.39, 0.29) is 0 Å². The van der Waals surface area contributed by atoms with Crippen molar-refractivity contribution in [2.24, 2.45) is 11.7 Å². The minimum Gasteiger partial charge on any atom is -0.327 e. The zero-order valence-electron chi connectivity index (χ0n) is 9.05. The van der Waals surface area contributed by atoms with Crippen molar-refractivity contribution in [3.8, 4) is 0 Å². The van der Waals surface area contributed by atoms with Crippen LogP contribution in [0.1, 0.15) is 46.0 Å². The molecule has 2 heteroatoms. The van der Waals surface area contributed by atoms with E-state index in [1.807, 2.05) is 0 Å². The van der Waals surface area contributed by atoms with Crippen LogP contribution in [0, 0.1) is 5.92 Å². The summed E-state index contributed by atoms with van der Waals surface area (Å²) in [6.45, 7) is 5.40. The predicted molar refractivity (Wildman–Crippen MR) is 57.7 cm³/mol. The maximum atomic E-state index is 5.71. The molecule has 2 unspecified atom stereocenters. The molecular formula is C11H24N2. The molecule has 2 nitrogen and oxygen atoms in total. The highest BCUT2D eigenvalue weighted by Crippen LogP contribution is 2.22. The van der Waals surface area contributed by atoms with Crippen LogP contribution in [-0.2, 0) is 0 Å². The van der Waals surface area contributed by atoms with Crippen molar-refractivity contribution >= 4 is 0 Å². The van der Waals surface area contributed by atoms with Crippen molar-refractivity contribution in [1.82, 2.24) is 5.32 Å². The van der Waals surface area contributed by atoms with Gasteiger partial charge in [0.1, 0.15) is 0 Å². The van der Waals surface area contributed by atoms with E-state index in [0.717, 1.165) is 18.5 Å². The molecule has 1 rings (SSSR count). The van der Waals surface area contributed by atoms with Crippen molar-refractivity contribution < 1.29 is 0 Å². The van der Waals surface area contributed by atoms with Gasteiger partial charge in [-0.15, -0.1) is 0 Å². The van der Waals surface area contributed by atoms with Gasteiger partial charge in [0, 0.05) is 18.6 Å². The molecule has 1 aliphatic carbocycles. The van der Waals surface area contributed by atoms with Gasteiger partial charge in [-0.3, -0.25) is 0 Å². The Labute approximate surface area is 82.3 Å². The Morgan fingerprint density at radius 2 is 2.08 bits per heavy atom. The first-order chi connectivity index (χ1) is 6.18. The van der Waals surface area contributed by atoms with Crippen LogP contribution in [0.25, 0.3) is 0 Å². The summed E-state index contributed by atoms with van der Waals surface area (Å²) in [5.41, 5.74) is 5.71. The summed E-state index contributed by atoms with van der Waals surface area (Å²) in [6.07, 6.45) is 6.87. The molecule has 0 aliphatic heterocycles. The Bertz CT molecular complexity index is 134. The van der Waals surface area contributed by atoms with Gasteiger partial charge in [0.15, 0.2) is 0 Å². The van der Waals surface area contributed by atoms with Gasteiger partial charge in [0.25, 0.3) is 0 Å². The Kier molecular flexibility index (Phi) is 4.74. The van der Waals surface area contributed by atoms with Crippen molar-refractivity contribution in [1.29, 1.82) is 0 Å². The largest absolute Gasteiger partial charge is 0.327 e. The fourth-order valence-corrected chi connectivity index (χ4v) is 2.04. The quantitative estimate of drug-likeness (QED) is 0.657. The van der Waals surface area contributed by atoms with E-state index in [1.165, 1.54) is 32.1 Å². The standard InChI is InChI=1S/C11H24N2/c1-9-4-3-5-11(7-6-9)13-8-10(2)12/h9-11,13H,3-8,12H2,1-2H3/t9?,10-,11?/m0/s1. The lowest BCUT2D eigenvalue weighted by Crippen LogP contribution is -2.37. The second-order valence-electron chi connectivity index (χ2n) is 4.70. The molecule has 13 heavy (non-hydrogen) atoms. The van der Waals surface area contributed by atoms with Gasteiger partial charge in [-0.2, -0.15) is 0 Å². The first kappa shape index (κ1) is 11.0. The molecule has 0 heterocycles. The van der Waals surface area contributed by atoms with Gasteiger partial charge < -0.3 is 11.1 Å². The average Bonchev–Trinajstić information content (AvgIpc) is 2.27. The molecule has 1 saturated carbocycles. The third-order valence-electron chi connectivity index (χ3n) is 2.99. The second-order valence-corrected chi connectivity index (χ2v) is 4.70.